The van der Waals surface area contributed by atoms with E-state index in [0.717, 1.165) is 54.0 Å². The number of thiophene rings is 2. The summed E-state index contributed by atoms with van der Waals surface area (Å²) in [4.78, 5) is 26.1. The average Bonchev–Trinajstić information content (AvgIpc) is 4.09. The Kier molecular flexibility index (Phi) is 20.2. The number of carbonyl (C=O) groups is 2. The molecular weight excluding hydrogens is 1080 g/mol. The van der Waals surface area contributed by atoms with Crippen LogP contribution in [-0.4, -0.2) is 81.9 Å². The Balaban J connectivity index is 0.000000217. The van der Waals surface area contributed by atoms with Gasteiger partial charge in [0.1, 0.15) is 14.2 Å². The van der Waals surface area contributed by atoms with Crippen LogP contribution in [0.5, 0.6) is 5.75 Å². The third-order valence-electron chi connectivity index (χ3n) is 12.3. The molecule has 396 valence electrons. The number of hydrogen-bond acceptors (Lipinski definition) is 11. The lowest BCUT2D eigenvalue weighted by Crippen LogP contribution is -2.44. The predicted octanol–water partition coefficient (Wildman–Crippen LogP) is 10.4. The molecule has 2 saturated heterocycles. The molecule has 13 nitrogen and oxygen atoms in total. The Morgan fingerprint density at radius 3 is 1.32 bits per heavy atom. The van der Waals surface area contributed by atoms with Crippen molar-refractivity contribution in [2.45, 2.75) is 98.5 Å². The lowest BCUT2D eigenvalue weighted by Gasteiger charge is -2.31. The number of rotatable bonds is 19. The van der Waals surface area contributed by atoms with Gasteiger partial charge in [0.25, 0.3) is 31.9 Å². The van der Waals surface area contributed by atoms with Crippen molar-refractivity contribution in [3.63, 3.8) is 0 Å². The number of alkyl halides is 3. The molecule has 0 atom stereocenters. The molecule has 22 heteroatoms. The molecular formula is C52H57Cl2F3N6O7S4. The maximum absolute atomic E-state index is 13.2. The van der Waals surface area contributed by atoms with Gasteiger partial charge in [0.15, 0.2) is 0 Å². The molecule has 0 unspecified atom stereocenters. The Morgan fingerprint density at radius 2 is 0.946 bits per heavy atom. The number of nitrogens with zero attached hydrogens (tertiary/aromatic N) is 2. The highest BCUT2D eigenvalue weighted by atomic mass is 35.5. The van der Waals surface area contributed by atoms with Gasteiger partial charge < -0.3 is 26.0 Å². The average molecular weight is 1130 g/mol. The molecule has 4 aromatic carbocycles. The van der Waals surface area contributed by atoms with Gasteiger partial charge in [0.2, 0.25) is 0 Å². The molecule has 2 aliphatic rings. The number of nitrogens with one attached hydrogen (secondary N) is 4. The number of ether oxygens (including phenoxy) is 1. The van der Waals surface area contributed by atoms with Crippen LogP contribution < -0.4 is 26.0 Å². The summed E-state index contributed by atoms with van der Waals surface area (Å²) in [6, 6.07) is 34.5. The van der Waals surface area contributed by atoms with E-state index in [1.54, 1.807) is 89.2 Å². The van der Waals surface area contributed by atoms with Gasteiger partial charge >= 0.3 is 6.36 Å². The summed E-state index contributed by atoms with van der Waals surface area (Å²) in [5, 5.41) is 13.6. The van der Waals surface area contributed by atoms with Gasteiger partial charge in [-0.1, -0.05) is 72.9 Å². The fraction of sp³-hybridized carbons (Fsp3) is 0.346. The molecule has 0 radical (unpaired) electrons. The molecule has 6 aromatic rings. The summed E-state index contributed by atoms with van der Waals surface area (Å²) in [6.07, 6.45) is 0.280. The van der Waals surface area contributed by atoms with Crippen molar-refractivity contribution in [2.75, 3.05) is 26.2 Å². The van der Waals surface area contributed by atoms with Gasteiger partial charge in [-0.15, -0.1) is 35.8 Å². The summed E-state index contributed by atoms with van der Waals surface area (Å²) in [7, 11) is -7.20. The van der Waals surface area contributed by atoms with E-state index in [-0.39, 0.29) is 40.9 Å². The van der Waals surface area contributed by atoms with Crippen molar-refractivity contribution in [3.8, 4) is 5.75 Å². The summed E-state index contributed by atoms with van der Waals surface area (Å²) in [5.74, 6) is -0.781. The van der Waals surface area contributed by atoms with Crippen LogP contribution in [-0.2, 0) is 52.6 Å². The van der Waals surface area contributed by atoms with Gasteiger partial charge in [-0.25, -0.2) is 16.8 Å². The van der Waals surface area contributed by atoms with Crippen LogP contribution in [0.3, 0.4) is 0 Å². The number of carbonyl (C=O) groups excluding carboxylic acids is 2. The van der Waals surface area contributed by atoms with Crippen LogP contribution in [0.25, 0.3) is 0 Å². The Morgan fingerprint density at radius 1 is 0.568 bits per heavy atom. The third-order valence-corrected chi connectivity index (χ3v) is 19.7. The second-order valence-electron chi connectivity index (χ2n) is 17.7. The van der Waals surface area contributed by atoms with Crippen molar-refractivity contribution >= 4 is 77.7 Å². The van der Waals surface area contributed by atoms with Crippen LogP contribution >= 0.6 is 45.9 Å². The van der Waals surface area contributed by atoms with E-state index in [1.807, 2.05) is 0 Å². The Bertz CT molecular complexity index is 3000. The van der Waals surface area contributed by atoms with Gasteiger partial charge in [-0.05, 0) is 134 Å². The highest BCUT2D eigenvalue weighted by molar-refractivity contribution is 7.91. The van der Waals surface area contributed by atoms with E-state index in [2.05, 4.69) is 57.2 Å². The molecule has 0 saturated carbocycles. The van der Waals surface area contributed by atoms with Gasteiger partial charge in [-0.2, -0.15) is 8.61 Å². The normalized spacial score (nSPS) is 15.3. The molecule has 8 rings (SSSR count). The van der Waals surface area contributed by atoms with E-state index in [4.69, 9.17) is 23.2 Å². The van der Waals surface area contributed by atoms with Crippen molar-refractivity contribution in [3.05, 3.63) is 169 Å². The summed E-state index contributed by atoms with van der Waals surface area (Å²) in [5.41, 5.74) is 4.38. The molecule has 4 N–H and O–H groups in total. The van der Waals surface area contributed by atoms with Gasteiger partial charge in [-0.3, -0.25) is 9.59 Å². The molecule has 0 bridgehead atoms. The molecule has 2 aromatic heterocycles. The van der Waals surface area contributed by atoms with E-state index in [1.165, 1.54) is 38.9 Å². The lowest BCUT2D eigenvalue weighted by atomic mass is 10.1. The minimum absolute atomic E-state index is 0.0783. The number of sulfonamides is 2. The predicted molar refractivity (Wildman–Crippen MR) is 285 cm³/mol. The molecule has 2 fully saturated rings. The fourth-order valence-electron chi connectivity index (χ4n) is 8.23. The first-order chi connectivity index (χ1) is 35.3. The lowest BCUT2D eigenvalue weighted by molar-refractivity contribution is -0.274. The zero-order valence-corrected chi connectivity index (χ0v) is 45.2. The Labute approximate surface area is 448 Å². The number of aryl methyl sites for hydroxylation is 1. The maximum Gasteiger partial charge on any atom is 0.573 e. The first kappa shape index (κ1) is 56.8. The first-order valence-corrected chi connectivity index (χ1v) is 29.3. The van der Waals surface area contributed by atoms with Crippen LogP contribution in [0.1, 0.15) is 86.2 Å². The second-order valence-corrected chi connectivity index (χ2v) is 25.2. The van der Waals surface area contributed by atoms with Gasteiger partial charge in [0.05, 0.1) is 13.1 Å². The standard InChI is InChI=1S/C27H32ClN3O3S2.C25H25ClF3N3O4S2/c1-2-3-20-4-6-21(7-5-20)18-29-24-14-16-31(17-15-24)36(33,34)26-13-12-25(35-26)19-30-27(32)22-8-10-23(28)11-9-22;26-19-5-3-18(4-6-19)24(33)31-16-22-9-10-23(37-22)38(34,35)32-13-11-20(12-14-32)30-15-17-1-7-21(8-2-17)36-25(27,28)29/h4-13,24,29H,2-3,14-19H2,1H3,(H,30,32);1-10,20,30H,11-16H2,(H,31,33). The van der Waals surface area contributed by atoms with E-state index in [0.29, 0.717) is 81.9 Å². The number of piperidine rings is 2. The Hall–Kier alpha value is -4.87. The van der Waals surface area contributed by atoms with Crippen molar-refractivity contribution in [2.24, 2.45) is 0 Å². The maximum atomic E-state index is 13.2. The first-order valence-electron chi connectivity index (χ1n) is 24.0. The molecule has 4 heterocycles. The van der Waals surface area contributed by atoms with Crippen molar-refractivity contribution in [1.82, 2.24) is 29.9 Å². The van der Waals surface area contributed by atoms with E-state index in [9.17, 15) is 39.6 Å². The SMILES string of the molecule is CCCc1ccc(CNC2CCN(S(=O)(=O)c3ccc(CNC(=O)c4ccc(Cl)cc4)s3)CC2)cc1.O=C(NCc1ccc(S(=O)(=O)N2CCC(NCc3ccc(OC(F)(F)F)cc3)CC2)s1)c1ccc(Cl)cc1. The van der Waals surface area contributed by atoms with E-state index < -0.39 is 26.4 Å². The topological polar surface area (TPSA) is 166 Å². The monoisotopic (exact) mass is 1130 g/mol. The molecule has 2 aliphatic heterocycles. The third kappa shape index (κ3) is 16.6. The minimum Gasteiger partial charge on any atom is -0.406 e. The highest BCUT2D eigenvalue weighted by Crippen LogP contribution is 2.30. The van der Waals surface area contributed by atoms with Crippen LogP contribution in [0.2, 0.25) is 10.0 Å². The van der Waals surface area contributed by atoms with Gasteiger partial charge in [0, 0.05) is 82.3 Å². The van der Waals surface area contributed by atoms with Crippen molar-refractivity contribution < 1.29 is 44.3 Å². The zero-order valence-electron chi connectivity index (χ0n) is 40.4. The second kappa shape index (κ2) is 26.3. The van der Waals surface area contributed by atoms with Crippen LogP contribution in [0.15, 0.2) is 130 Å². The zero-order chi connectivity index (χ0) is 52.9. The smallest absolute Gasteiger partial charge is 0.406 e. The summed E-state index contributed by atoms with van der Waals surface area (Å²) < 4.78 is 96.9. The highest BCUT2D eigenvalue weighted by Gasteiger charge is 2.33. The quantitative estimate of drug-likeness (QED) is 0.0618. The fourth-order valence-corrected chi connectivity index (χ4v) is 14.3. The van der Waals surface area contributed by atoms with Crippen molar-refractivity contribution in [1.29, 1.82) is 0 Å². The number of hydrogen-bond donors (Lipinski definition) is 4. The van der Waals surface area contributed by atoms with Crippen LogP contribution in [0.4, 0.5) is 13.2 Å². The number of halogens is 5. The molecule has 0 spiro atoms. The number of amides is 2. The molecule has 0 aliphatic carbocycles. The van der Waals surface area contributed by atoms with E-state index >= 15 is 0 Å². The molecule has 74 heavy (non-hydrogen) atoms. The molecule has 2 amide bonds. The minimum atomic E-state index is -4.73. The summed E-state index contributed by atoms with van der Waals surface area (Å²) >= 11 is 14.0. The summed E-state index contributed by atoms with van der Waals surface area (Å²) in [6.45, 7) is 5.58. The number of benzene rings is 4. The largest absolute Gasteiger partial charge is 0.573 e. The van der Waals surface area contributed by atoms with Crippen LogP contribution in [0, 0.1) is 0 Å².